The molecule has 0 spiro atoms. The third kappa shape index (κ3) is 3.58. The van der Waals surface area contributed by atoms with Crippen molar-refractivity contribution in [3.63, 3.8) is 0 Å². The SMILES string of the molecule is c1cncc(Cc2cc(-c3cccnc3)nc(-c3cccnc3)c2)c1. The lowest BCUT2D eigenvalue weighted by molar-refractivity contribution is 1.13. The summed E-state index contributed by atoms with van der Waals surface area (Å²) >= 11 is 0. The Hall–Kier alpha value is -3.40. The highest BCUT2D eigenvalue weighted by Gasteiger charge is 2.08. The van der Waals surface area contributed by atoms with Crippen LogP contribution in [0.25, 0.3) is 22.5 Å². The van der Waals surface area contributed by atoms with Crippen molar-refractivity contribution in [2.24, 2.45) is 0 Å². The molecule has 120 valence electrons. The molecule has 0 radical (unpaired) electrons. The first-order valence-electron chi connectivity index (χ1n) is 8.09. The zero-order chi connectivity index (χ0) is 16.9. The molecule has 0 fully saturated rings. The van der Waals surface area contributed by atoms with Gasteiger partial charge in [0.15, 0.2) is 0 Å². The minimum atomic E-state index is 0.802. The van der Waals surface area contributed by atoms with Gasteiger partial charge in [-0.2, -0.15) is 0 Å². The van der Waals surface area contributed by atoms with Gasteiger partial charge in [-0.25, -0.2) is 4.98 Å². The first-order chi connectivity index (χ1) is 12.4. The molecule has 0 aliphatic heterocycles. The number of pyridine rings is 4. The second-order valence-corrected chi connectivity index (χ2v) is 5.77. The summed E-state index contributed by atoms with van der Waals surface area (Å²) < 4.78 is 0. The van der Waals surface area contributed by atoms with Gasteiger partial charge in [-0.15, -0.1) is 0 Å². The van der Waals surface area contributed by atoms with Gasteiger partial charge in [0.1, 0.15) is 0 Å². The van der Waals surface area contributed by atoms with E-state index in [9.17, 15) is 0 Å². The summed E-state index contributed by atoms with van der Waals surface area (Å²) in [5, 5.41) is 0. The summed E-state index contributed by atoms with van der Waals surface area (Å²) in [6, 6.07) is 16.2. The molecular weight excluding hydrogens is 308 g/mol. The van der Waals surface area contributed by atoms with Gasteiger partial charge >= 0.3 is 0 Å². The van der Waals surface area contributed by atoms with Crippen LogP contribution in [0.4, 0.5) is 0 Å². The maximum Gasteiger partial charge on any atom is 0.0727 e. The van der Waals surface area contributed by atoms with Gasteiger partial charge in [0, 0.05) is 48.3 Å². The minimum Gasteiger partial charge on any atom is -0.264 e. The molecule has 0 bridgehead atoms. The van der Waals surface area contributed by atoms with Gasteiger partial charge in [-0.05, 0) is 60.0 Å². The second-order valence-electron chi connectivity index (χ2n) is 5.77. The van der Waals surface area contributed by atoms with E-state index in [2.05, 4.69) is 33.2 Å². The Morgan fingerprint density at radius 3 is 1.64 bits per heavy atom. The monoisotopic (exact) mass is 324 g/mol. The van der Waals surface area contributed by atoms with E-state index in [-0.39, 0.29) is 0 Å². The van der Waals surface area contributed by atoms with Crippen LogP contribution >= 0.6 is 0 Å². The van der Waals surface area contributed by atoms with E-state index in [0.29, 0.717) is 0 Å². The Kier molecular flexibility index (Phi) is 4.25. The Morgan fingerprint density at radius 1 is 0.600 bits per heavy atom. The first-order valence-corrected chi connectivity index (χ1v) is 8.09. The second kappa shape index (κ2) is 7.01. The van der Waals surface area contributed by atoms with Crippen molar-refractivity contribution in [3.8, 4) is 22.5 Å². The molecule has 0 aliphatic rings. The van der Waals surface area contributed by atoms with Crippen LogP contribution in [-0.4, -0.2) is 19.9 Å². The lowest BCUT2D eigenvalue weighted by Gasteiger charge is -2.09. The van der Waals surface area contributed by atoms with Crippen molar-refractivity contribution in [1.82, 2.24) is 19.9 Å². The molecule has 4 aromatic heterocycles. The topological polar surface area (TPSA) is 51.6 Å². The largest absolute Gasteiger partial charge is 0.264 e. The van der Waals surface area contributed by atoms with E-state index in [0.717, 1.165) is 28.9 Å². The summed E-state index contributed by atoms with van der Waals surface area (Å²) in [5.74, 6) is 0. The van der Waals surface area contributed by atoms with Crippen molar-refractivity contribution in [2.75, 3.05) is 0 Å². The molecule has 0 N–H and O–H groups in total. The number of rotatable bonds is 4. The van der Waals surface area contributed by atoms with Crippen molar-refractivity contribution in [2.45, 2.75) is 6.42 Å². The standard InChI is InChI=1S/C21H16N4/c1-4-16(13-22-7-1)10-17-11-20(18-5-2-8-23-14-18)25-21(12-17)19-6-3-9-24-15-19/h1-9,11-15H,10H2. The van der Waals surface area contributed by atoms with Crippen LogP contribution < -0.4 is 0 Å². The van der Waals surface area contributed by atoms with Gasteiger partial charge in [-0.1, -0.05) is 6.07 Å². The molecule has 4 heterocycles. The van der Waals surface area contributed by atoms with E-state index in [1.807, 2.05) is 48.9 Å². The van der Waals surface area contributed by atoms with E-state index >= 15 is 0 Å². The van der Waals surface area contributed by atoms with Gasteiger partial charge in [0.05, 0.1) is 11.4 Å². The van der Waals surface area contributed by atoms with E-state index in [4.69, 9.17) is 4.98 Å². The summed E-state index contributed by atoms with van der Waals surface area (Å²) in [7, 11) is 0. The third-order valence-electron chi connectivity index (χ3n) is 3.93. The fourth-order valence-corrected chi connectivity index (χ4v) is 2.75. The van der Waals surface area contributed by atoms with Crippen LogP contribution in [0.1, 0.15) is 11.1 Å². The van der Waals surface area contributed by atoms with Gasteiger partial charge in [-0.3, -0.25) is 15.0 Å². The Bertz CT molecular complexity index is 897. The molecular formula is C21H16N4. The van der Waals surface area contributed by atoms with Crippen LogP contribution in [0, 0.1) is 0 Å². The lowest BCUT2D eigenvalue weighted by atomic mass is 10.0. The zero-order valence-corrected chi connectivity index (χ0v) is 13.6. The Morgan fingerprint density at radius 2 is 1.16 bits per heavy atom. The number of nitrogens with zero attached hydrogens (tertiary/aromatic N) is 4. The number of hydrogen-bond donors (Lipinski definition) is 0. The number of hydrogen-bond acceptors (Lipinski definition) is 4. The highest BCUT2D eigenvalue weighted by molar-refractivity contribution is 5.66. The maximum atomic E-state index is 4.82. The molecule has 4 rings (SSSR count). The zero-order valence-electron chi connectivity index (χ0n) is 13.6. The molecule has 0 amide bonds. The van der Waals surface area contributed by atoms with Crippen LogP contribution in [-0.2, 0) is 6.42 Å². The molecule has 0 unspecified atom stereocenters. The van der Waals surface area contributed by atoms with Crippen LogP contribution in [0.3, 0.4) is 0 Å². The van der Waals surface area contributed by atoms with Crippen LogP contribution in [0.5, 0.6) is 0 Å². The normalized spacial score (nSPS) is 10.6. The quantitative estimate of drug-likeness (QED) is 0.565. The van der Waals surface area contributed by atoms with Crippen molar-refractivity contribution < 1.29 is 0 Å². The third-order valence-corrected chi connectivity index (χ3v) is 3.93. The lowest BCUT2D eigenvalue weighted by Crippen LogP contribution is -1.95. The van der Waals surface area contributed by atoms with Crippen molar-refractivity contribution in [3.05, 3.63) is 96.8 Å². The summed E-state index contributed by atoms with van der Waals surface area (Å²) in [6.07, 6.45) is 11.7. The Balaban J connectivity index is 1.80. The molecule has 0 aromatic carbocycles. The highest BCUT2D eigenvalue weighted by atomic mass is 14.7. The van der Waals surface area contributed by atoms with E-state index in [1.54, 1.807) is 18.6 Å². The summed E-state index contributed by atoms with van der Waals surface area (Å²) in [6.45, 7) is 0. The number of aromatic nitrogens is 4. The first kappa shape index (κ1) is 15.1. The van der Waals surface area contributed by atoms with Gasteiger partial charge in [0.25, 0.3) is 0 Å². The fourth-order valence-electron chi connectivity index (χ4n) is 2.75. The molecule has 4 heteroatoms. The molecule has 0 saturated carbocycles. The van der Waals surface area contributed by atoms with Crippen LogP contribution in [0.2, 0.25) is 0 Å². The smallest absolute Gasteiger partial charge is 0.0727 e. The molecule has 0 saturated heterocycles. The average Bonchev–Trinajstić information content (AvgIpc) is 2.70. The van der Waals surface area contributed by atoms with Crippen molar-refractivity contribution >= 4 is 0 Å². The minimum absolute atomic E-state index is 0.802. The predicted octanol–water partition coefficient (Wildman–Crippen LogP) is 4.19. The van der Waals surface area contributed by atoms with Gasteiger partial charge < -0.3 is 0 Å². The summed E-state index contributed by atoms with van der Waals surface area (Å²) in [4.78, 5) is 17.5. The molecule has 4 aromatic rings. The van der Waals surface area contributed by atoms with E-state index in [1.165, 1.54) is 11.1 Å². The maximum absolute atomic E-state index is 4.82. The Labute approximate surface area is 146 Å². The fraction of sp³-hybridized carbons (Fsp3) is 0.0476. The van der Waals surface area contributed by atoms with E-state index < -0.39 is 0 Å². The van der Waals surface area contributed by atoms with Crippen LogP contribution in [0.15, 0.2) is 85.7 Å². The predicted molar refractivity (Wildman–Crippen MR) is 97.7 cm³/mol. The van der Waals surface area contributed by atoms with Gasteiger partial charge in [0.2, 0.25) is 0 Å². The molecule has 4 nitrogen and oxygen atoms in total. The average molecular weight is 324 g/mol. The molecule has 0 aliphatic carbocycles. The van der Waals surface area contributed by atoms with Crippen molar-refractivity contribution in [1.29, 1.82) is 0 Å². The highest BCUT2D eigenvalue weighted by Crippen LogP contribution is 2.25. The summed E-state index contributed by atoms with van der Waals surface area (Å²) in [5.41, 5.74) is 6.17. The molecule has 0 atom stereocenters. The molecule has 25 heavy (non-hydrogen) atoms.